The fraction of sp³-hybridized carbons (Fsp3) is 0.294. The molecule has 108 valence electrons. The Morgan fingerprint density at radius 1 is 1.14 bits per heavy atom. The number of nitrogens with zero attached hydrogens (tertiary/aromatic N) is 3. The van der Waals surface area contributed by atoms with Crippen molar-refractivity contribution in [3.63, 3.8) is 0 Å². The molecule has 0 aliphatic rings. The van der Waals surface area contributed by atoms with Gasteiger partial charge in [0.15, 0.2) is 5.65 Å². The Kier molecular flexibility index (Phi) is 3.81. The molecule has 0 aliphatic heterocycles. The largest absolute Gasteiger partial charge is 0.232 e. The smallest absolute Gasteiger partial charge is 0.157 e. The van der Waals surface area contributed by atoms with E-state index in [1.165, 1.54) is 16.8 Å². The van der Waals surface area contributed by atoms with Gasteiger partial charge < -0.3 is 0 Å². The predicted octanol–water partition coefficient (Wildman–Crippen LogP) is 4.26. The molecule has 0 aliphatic carbocycles. The number of benzene rings is 1. The third-order valence-corrected chi connectivity index (χ3v) is 4.21. The molecule has 0 radical (unpaired) electrons. The molecule has 2 aromatic heterocycles. The molecule has 3 nitrogen and oxygen atoms in total. The number of imidazole rings is 1. The molecule has 1 aromatic carbocycles. The molecule has 0 fully saturated rings. The van der Waals surface area contributed by atoms with Crippen molar-refractivity contribution < 1.29 is 0 Å². The highest BCUT2D eigenvalue weighted by molar-refractivity contribution is 9.10. The third-order valence-electron chi connectivity index (χ3n) is 3.69. The van der Waals surface area contributed by atoms with Gasteiger partial charge in [-0.2, -0.15) is 5.10 Å². The summed E-state index contributed by atoms with van der Waals surface area (Å²) in [7, 11) is 0. The van der Waals surface area contributed by atoms with Crippen LogP contribution in [0, 0.1) is 13.8 Å². The van der Waals surface area contributed by atoms with Crippen LogP contribution in [0.25, 0.3) is 5.65 Å². The number of aromatic nitrogens is 3. The van der Waals surface area contributed by atoms with Gasteiger partial charge in [0, 0.05) is 10.9 Å². The first kappa shape index (κ1) is 14.3. The van der Waals surface area contributed by atoms with E-state index in [-0.39, 0.29) is 0 Å². The average molecular weight is 344 g/mol. The van der Waals surface area contributed by atoms with Gasteiger partial charge in [-0.25, -0.2) is 9.50 Å². The van der Waals surface area contributed by atoms with Crippen molar-refractivity contribution in [1.82, 2.24) is 14.6 Å². The lowest BCUT2D eigenvalue weighted by Crippen LogP contribution is -2.03. The summed E-state index contributed by atoms with van der Waals surface area (Å²) in [6.45, 7) is 6.27. The van der Waals surface area contributed by atoms with Crippen LogP contribution in [0.5, 0.6) is 0 Å². The lowest BCUT2D eigenvalue weighted by molar-refractivity contribution is 0.832. The first-order valence-corrected chi connectivity index (χ1v) is 7.97. The molecule has 2 heterocycles. The second-order valence-corrected chi connectivity index (χ2v) is 6.28. The fourth-order valence-electron chi connectivity index (χ4n) is 2.67. The first-order valence-electron chi connectivity index (χ1n) is 7.17. The number of hydrogen-bond donors (Lipinski definition) is 0. The van der Waals surface area contributed by atoms with Crippen LogP contribution in [0.4, 0.5) is 0 Å². The summed E-state index contributed by atoms with van der Waals surface area (Å²) in [5.41, 5.74) is 6.79. The minimum absolute atomic E-state index is 0.855. The molecule has 3 rings (SSSR count). The average Bonchev–Trinajstić information content (AvgIpc) is 2.80. The summed E-state index contributed by atoms with van der Waals surface area (Å²) in [6, 6.07) is 10.5. The zero-order chi connectivity index (χ0) is 15.0. The van der Waals surface area contributed by atoms with E-state index in [0.717, 1.165) is 34.3 Å². The molecule has 0 atom stereocenters. The van der Waals surface area contributed by atoms with Gasteiger partial charge in [0.2, 0.25) is 0 Å². The van der Waals surface area contributed by atoms with Crippen molar-refractivity contribution >= 4 is 21.6 Å². The molecular formula is C17H18BrN3. The summed E-state index contributed by atoms with van der Waals surface area (Å²) < 4.78 is 3.12. The van der Waals surface area contributed by atoms with Gasteiger partial charge in [-0.05, 0) is 49.6 Å². The highest BCUT2D eigenvalue weighted by atomic mass is 79.9. The summed E-state index contributed by atoms with van der Waals surface area (Å²) in [6.07, 6.45) is 1.78. The lowest BCUT2D eigenvalue weighted by Gasteiger charge is -2.06. The van der Waals surface area contributed by atoms with Crippen molar-refractivity contribution in [2.75, 3.05) is 0 Å². The molecule has 0 bridgehead atoms. The van der Waals surface area contributed by atoms with E-state index >= 15 is 0 Å². The van der Waals surface area contributed by atoms with Gasteiger partial charge in [-0.15, -0.1) is 0 Å². The van der Waals surface area contributed by atoms with E-state index in [9.17, 15) is 0 Å². The highest BCUT2D eigenvalue weighted by Crippen LogP contribution is 2.20. The van der Waals surface area contributed by atoms with Crippen LogP contribution in [0.2, 0.25) is 0 Å². The Balaban J connectivity index is 2.13. The van der Waals surface area contributed by atoms with E-state index in [0.29, 0.717) is 0 Å². The predicted molar refractivity (Wildman–Crippen MR) is 88.8 cm³/mol. The molecule has 0 unspecified atom stereocenters. The van der Waals surface area contributed by atoms with Crippen molar-refractivity contribution in [2.45, 2.75) is 33.6 Å². The maximum Gasteiger partial charge on any atom is 0.157 e. The van der Waals surface area contributed by atoms with Gasteiger partial charge in [-0.3, -0.25) is 0 Å². The van der Waals surface area contributed by atoms with Gasteiger partial charge in [0.1, 0.15) is 0 Å². The maximum absolute atomic E-state index is 4.78. The third kappa shape index (κ3) is 2.72. The van der Waals surface area contributed by atoms with Crippen LogP contribution >= 0.6 is 15.9 Å². The zero-order valence-corrected chi connectivity index (χ0v) is 14.1. The van der Waals surface area contributed by atoms with E-state index in [1.807, 2.05) is 11.4 Å². The van der Waals surface area contributed by atoms with Crippen LogP contribution in [-0.4, -0.2) is 14.6 Å². The SMILES string of the molecule is CCc1nc2c(C)cc(C)nn2c1Cc1ccc(Br)cc1. The Morgan fingerprint density at radius 2 is 1.86 bits per heavy atom. The van der Waals surface area contributed by atoms with Crippen LogP contribution in [-0.2, 0) is 12.8 Å². The molecule has 4 heteroatoms. The second kappa shape index (κ2) is 5.60. The number of hydrogen-bond acceptors (Lipinski definition) is 2. The minimum Gasteiger partial charge on any atom is -0.232 e. The Morgan fingerprint density at radius 3 is 2.52 bits per heavy atom. The summed E-state index contributed by atoms with van der Waals surface area (Å²) in [5.74, 6) is 0. The Bertz CT molecular complexity index is 788. The molecule has 0 N–H and O–H groups in total. The molecular weight excluding hydrogens is 326 g/mol. The maximum atomic E-state index is 4.78. The van der Waals surface area contributed by atoms with Crippen molar-refractivity contribution in [2.24, 2.45) is 0 Å². The van der Waals surface area contributed by atoms with Crippen LogP contribution < -0.4 is 0 Å². The van der Waals surface area contributed by atoms with Crippen molar-refractivity contribution in [3.8, 4) is 0 Å². The summed E-state index contributed by atoms with van der Waals surface area (Å²) >= 11 is 3.48. The van der Waals surface area contributed by atoms with E-state index in [4.69, 9.17) is 4.98 Å². The Labute approximate surface area is 133 Å². The van der Waals surface area contributed by atoms with Crippen LogP contribution in [0.3, 0.4) is 0 Å². The molecule has 3 aromatic rings. The summed E-state index contributed by atoms with van der Waals surface area (Å²) in [5, 5.41) is 4.66. The second-order valence-electron chi connectivity index (χ2n) is 5.37. The number of fused-ring (bicyclic) bond motifs is 1. The normalized spacial score (nSPS) is 11.2. The quantitative estimate of drug-likeness (QED) is 0.711. The van der Waals surface area contributed by atoms with Crippen molar-refractivity contribution in [1.29, 1.82) is 0 Å². The van der Waals surface area contributed by atoms with Gasteiger partial charge >= 0.3 is 0 Å². The highest BCUT2D eigenvalue weighted by Gasteiger charge is 2.14. The molecule has 0 saturated carbocycles. The minimum atomic E-state index is 0.855. The number of aryl methyl sites for hydroxylation is 3. The number of rotatable bonds is 3. The van der Waals surface area contributed by atoms with Crippen LogP contribution in [0.1, 0.15) is 35.1 Å². The zero-order valence-electron chi connectivity index (χ0n) is 12.5. The molecule has 21 heavy (non-hydrogen) atoms. The van der Waals surface area contributed by atoms with Gasteiger partial charge in [0.25, 0.3) is 0 Å². The Hall–Kier alpha value is -1.68. The van der Waals surface area contributed by atoms with Gasteiger partial charge in [-0.1, -0.05) is 35.0 Å². The van der Waals surface area contributed by atoms with Crippen LogP contribution in [0.15, 0.2) is 34.8 Å². The summed E-state index contributed by atoms with van der Waals surface area (Å²) in [4.78, 5) is 4.78. The van der Waals surface area contributed by atoms with Gasteiger partial charge in [0.05, 0.1) is 17.1 Å². The molecule has 0 spiro atoms. The van der Waals surface area contributed by atoms with Crippen molar-refractivity contribution in [3.05, 3.63) is 63.0 Å². The first-order chi connectivity index (χ1) is 10.1. The number of halogens is 1. The molecule has 0 amide bonds. The van der Waals surface area contributed by atoms with E-state index < -0.39 is 0 Å². The van der Waals surface area contributed by atoms with E-state index in [2.05, 4.69) is 65.2 Å². The monoisotopic (exact) mass is 343 g/mol. The molecule has 0 saturated heterocycles. The standard InChI is InChI=1S/C17H18BrN3/c1-4-15-16(10-13-5-7-14(18)8-6-13)21-17(19-15)11(2)9-12(3)20-21/h5-9H,4,10H2,1-3H3. The lowest BCUT2D eigenvalue weighted by atomic mass is 10.1. The van der Waals surface area contributed by atoms with E-state index in [1.54, 1.807) is 0 Å². The fourth-order valence-corrected chi connectivity index (χ4v) is 2.94. The topological polar surface area (TPSA) is 30.2 Å².